The Hall–Kier alpha value is -3.32. The number of fused-ring (bicyclic) bond motifs is 1. The van der Waals surface area contributed by atoms with Crippen molar-refractivity contribution in [1.29, 1.82) is 0 Å². The van der Waals surface area contributed by atoms with Crippen LogP contribution in [0.2, 0.25) is 5.02 Å². The zero-order valence-electron chi connectivity index (χ0n) is 19.1. The van der Waals surface area contributed by atoms with Crippen molar-refractivity contribution in [3.8, 4) is 28.3 Å². The van der Waals surface area contributed by atoms with E-state index in [4.69, 9.17) is 26.4 Å². The number of aromatic nitrogens is 4. The van der Waals surface area contributed by atoms with Crippen LogP contribution in [0.5, 0.6) is 5.75 Å². The second-order valence-corrected chi connectivity index (χ2v) is 9.55. The van der Waals surface area contributed by atoms with Crippen molar-refractivity contribution in [2.75, 3.05) is 17.7 Å². The zero-order valence-corrected chi connectivity index (χ0v) is 19.8. The molecule has 2 saturated carbocycles. The molecule has 0 radical (unpaired) electrons. The maximum atomic E-state index is 6.58. The van der Waals surface area contributed by atoms with Gasteiger partial charge in [0.05, 0.1) is 23.9 Å². The molecule has 2 aliphatic rings. The molecule has 0 aliphatic heterocycles. The molecule has 7 nitrogen and oxygen atoms in total. The molecule has 0 amide bonds. The third-order valence-corrected chi connectivity index (χ3v) is 6.81. The average molecular weight is 475 g/mol. The lowest BCUT2D eigenvalue weighted by Crippen LogP contribution is -2.16. The van der Waals surface area contributed by atoms with Gasteiger partial charge in [0.15, 0.2) is 0 Å². The topological polar surface area (TPSA) is 76.4 Å². The summed E-state index contributed by atoms with van der Waals surface area (Å²) in [4.78, 5) is 9.41. The summed E-state index contributed by atoms with van der Waals surface area (Å²) in [6, 6.07) is 14.7. The largest absolute Gasteiger partial charge is 0.497 e. The Bertz CT molecular complexity index is 1330. The van der Waals surface area contributed by atoms with Gasteiger partial charge in [0.2, 0.25) is 5.95 Å². The smallest absolute Gasteiger partial charge is 0.223 e. The molecule has 3 aromatic heterocycles. The summed E-state index contributed by atoms with van der Waals surface area (Å²) in [7, 11) is 1.67. The maximum Gasteiger partial charge on any atom is 0.223 e. The van der Waals surface area contributed by atoms with E-state index < -0.39 is 0 Å². The summed E-state index contributed by atoms with van der Waals surface area (Å²) < 4.78 is 7.31. The average Bonchev–Trinajstić information content (AvgIpc) is 3.36. The zero-order chi connectivity index (χ0) is 23.1. The Morgan fingerprint density at radius 2 is 1.74 bits per heavy atom. The number of rotatable bonds is 7. The second-order valence-electron chi connectivity index (χ2n) is 9.12. The van der Waals surface area contributed by atoms with E-state index in [-0.39, 0.29) is 0 Å². The van der Waals surface area contributed by atoms with Gasteiger partial charge in [-0.1, -0.05) is 24.4 Å². The molecule has 34 heavy (non-hydrogen) atoms. The summed E-state index contributed by atoms with van der Waals surface area (Å²) in [6.07, 6.45) is 8.96. The minimum Gasteiger partial charge on any atom is -0.497 e. The predicted molar refractivity (Wildman–Crippen MR) is 136 cm³/mol. The number of pyridine rings is 1. The van der Waals surface area contributed by atoms with E-state index in [9.17, 15) is 0 Å². The third-order valence-electron chi connectivity index (χ3n) is 6.59. The van der Waals surface area contributed by atoms with E-state index in [0.29, 0.717) is 23.1 Å². The standard InChI is InChI=1S/C26H27ClN6O/c1-34-20-10-6-16(7-11-20)25-24(21-12-13-28-26(31-21)30-18-4-2-3-5-18)22-14-17(27)15-23(33(22)32-25)29-19-8-9-19/h6-7,10-15,18-19,29H,2-5,8-9H2,1H3,(H,28,30,31). The number of halogens is 1. The first-order valence-electron chi connectivity index (χ1n) is 11.9. The van der Waals surface area contributed by atoms with E-state index >= 15 is 0 Å². The van der Waals surface area contributed by atoms with Crippen molar-refractivity contribution in [1.82, 2.24) is 19.6 Å². The van der Waals surface area contributed by atoms with Gasteiger partial charge in [-0.25, -0.2) is 14.5 Å². The monoisotopic (exact) mass is 474 g/mol. The molecule has 0 atom stereocenters. The van der Waals surface area contributed by atoms with Crippen LogP contribution in [-0.4, -0.2) is 38.8 Å². The molecule has 0 saturated heterocycles. The van der Waals surface area contributed by atoms with Gasteiger partial charge >= 0.3 is 0 Å². The molecule has 8 heteroatoms. The number of nitrogens with zero attached hydrogens (tertiary/aromatic N) is 4. The summed E-state index contributed by atoms with van der Waals surface area (Å²) >= 11 is 6.58. The van der Waals surface area contributed by atoms with Crippen LogP contribution in [-0.2, 0) is 0 Å². The molecular weight excluding hydrogens is 448 g/mol. The lowest BCUT2D eigenvalue weighted by Gasteiger charge is -2.12. The van der Waals surface area contributed by atoms with Crippen LogP contribution >= 0.6 is 11.6 Å². The quantitative estimate of drug-likeness (QED) is 0.339. The van der Waals surface area contributed by atoms with Crippen molar-refractivity contribution in [2.45, 2.75) is 50.6 Å². The highest BCUT2D eigenvalue weighted by Gasteiger charge is 2.25. The summed E-state index contributed by atoms with van der Waals surface area (Å²) in [5, 5.41) is 12.8. The Labute approximate surface area is 203 Å². The first-order chi connectivity index (χ1) is 16.7. The fraction of sp³-hybridized carbons (Fsp3) is 0.346. The van der Waals surface area contributed by atoms with Gasteiger partial charge in [0, 0.05) is 28.9 Å². The molecule has 0 spiro atoms. The molecule has 4 aromatic rings. The number of nitrogens with one attached hydrogen (secondary N) is 2. The number of hydrogen-bond donors (Lipinski definition) is 2. The van der Waals surface area contributed by atoms with Crippen molar-refractivity contribution in [3.63, 3.8) is 0 Å². The highest BCUT2D eigenvalue weighted by atomic mass is 35.5. The van der Waals surface area contributed by atoms with E-state index in [1.807, 2.05) is 53.2 Å². The number of anilines is 2. The van der Waals surface area contributed by atoms with Gasteiger partial charge in [-0.3, -0.25) is 0 Å². The minimum absolute atomic E-state index is 0.434. The van der Waals surface area contributed by atoms with Crippen molar-refractivity contribution in [2.24, 2.45) is 0 Å². The van der Waals surface area contributed by atoms with Gasteiger partial charge in [-0.05, 0) is 68.1 Å². The first kappa shape index (κ1) is 21.2. The van der Waals surface area contributed by atoms with Crippen LogP contribution in [0.4, 0.5) is 11.8 Å². The number of benzene rings is 1. The Balaban J connectivity index is 1.51. The highest BCUT2D eigenvalue weighted by molar-refractivity contribution is 6.31. The number of hydrogen-bond acceptors (Lipinski definition) is 6. The van der Waals surface area contributed by atoms with Crippen LogP contribution in [0.15, 0.2) is 48.7 Å². The third kappa shape index (κ3) is 4.16. The fourth-order valence-electron chi connectivity index (χ4n) is 4.68. The molecular formula is C26H27ClN6O. The van der Waals surface area contributed by atoms with Crippen LogP contribution in [0.25, 0.3) is 28.0 Å². The molecule has 0 unspecified atom stereocenters. The number of ether oxygens (including phenoxy) is 1. The summed E-state index contributed by atoms with van der Waals surface area (Å²) in [5.74, 6) is 2.35. The van der Waals surface area contributed by atoms with Crippen LogP contribution in [0, 0.1) is 0 Å². The van der Waals surface area contributed by atoms with Crippen LogP contribution in [0.3, 0.4) is 0 Å². The van der Waals surface area contributed by atoms with Gasteiger partial charge < -0.3 is 15.4 Å². The highest BCUT2D eigenvalue weighted by Crippen LogP contribution is 2.38. The van der Waals surface area contributed by atoms with Crippen molar-refractivity contribution < 1.29 is 4.74 Å². The lowest BCUT2D eigenvalue weighted by molar-refractivity contribution is 0.415. The first-order valence-corrected chi connectivity index (χ1v) is 12.3. The second kappa shape index (κ2) is 8.80. The van der Waals surface area contributed by atoms with E-state index in [1.54, 1.807) is 7.11 Å². The molecule has 2 fully saturated rings. The predicted octanol–water partition coefficient (Wildman–Crippen LogP) is 6.05. The van der Waals surface area contributed by atoms with E-state index in [2.05, 4.69) is 15.6 Å². The maximum absolute atomic E-state index is 6.58. The van der Waals surface area contributed by atoms with E-state index in [1.165, 1.54) is 12.8 Å². The summed E-state index contributed by atoms with van der Waals surface area (Å²) in [6.45, 7) is 0. The van der Waals surface area contributed by atoms with Crippen LogP contribution < -0.4 is 15.4 Å². The molecule has 0 bridgehead atoms. The van der Waals surface area contributed by atoms with Gasteiger partial charge in [-0.15, -0.1) is 0 Å². The molecule has 2 aliphatic carbocycles. The van der Waals surface area contributed by atoms with Gasteiger partial charge in [0.25, 0.3) is 0 Å². The Morgan fingerprint density at radius 3 is 2.47 bits per heavy atom. The number of methoxy groups -OCH3 is 1. The van der Waals surface area contributed by atoms with Crippen LogP contribution in [0.1, 0.15) is 38.5 Å². The Kier molecular flexibility index (Phi) is 5.49. The lowest BCUT2D eigenvalue weighted by atomic mass is 10.0. The molecule has 6 rings (SSSR count). The fourth-order valence-corrected chi connectivity index (χ4v) is 4.88. The molecule has 1 aromatic carbocycles. The van der Waals surface area contributed by atoms with E-state index in [0.717, 1.165) is 65.3 Å². The summed E-state index contributed by atoms with van der Waals surface area (Å²) in [5.41, 5.74) is 4.48. The van der Waals surface area contributed by atoms with Crippen molar-refractivity contribution in [3.05, 3.63) is 53.7 Å². The minimum atomic E-state index is 0.434. The van der Waals surface area contributed by atoms with Gasteiger partial charge in [0.1, 0.15) is 17.3 Å². The Morgan fingerprint density at radius 1 is 0.971 bits per heavy atom. The molecule has 174 valence electrons. The van der Waals surface area contributed by atoms with Crippen molar-refractivity contribution >= 4 is 28.9 Å². The molecule has 2 N–H and O–H groups in total. The van der Waals surface area contributed by atoms with Gasteiger partial charge in [-0.2, -0.15) is 5.10 Å². The molecule has 3 heterocycles. The normalized spacial score (nSPS) is 16.2. The SMILES string of the molecule is COc1ccc(-c2nn3c(NC4CC4)cc(Cl)cc3c2-c2ccnc(NC3CCCC3)n2)cc1.